The van der Waals surface area contributed by atoms with Crippen molar-refractivity contribution in [2.24, 2.45) is 0 Å². The highest BCUT2D eigenvalue weighted by molar-refractivity contribution is 5.49. The lowest BCUT2D eigenvalue weighted by Gasteiger charge is -2.16. The molecule has 0 spiro atoms. The molecular weight excluding hydrogens is 288 g/mol. The van der Waals surface area contributed by atoms with Crippen LogP contribution in [0.5, 0.6) is 11.5 Å². The second-order valence-electron chi connectivity index (χ2n) is 6.34. The van der Waals surface area contributed by atoms with Crippen LogP contribution >= 0.6 is 0 Å². The van der Waals surface area contributed by atoms with Gasteiger partial charge in [-0.15, -0.1) is 0 Å². The van der Waals surface area contributed by atoms with Crippen LogP contribution in [0.2, 0.25) is 0 Å². The average molecular weight is 316 g/mol. The number of hydrogen-bond donors (Lipinski definition) is 0. The van der Waals surface area contributed by atoms with Gasteiger partial charge in [-0.2, -0.15) is 0 Å². The van der Waals surface area contributed by atoms with E-state index in [1.54, 1.807) is 7.11 Å². The third kappa shape index (κ3) is 5.43. The standard InChI is InChI=1S/C20H28O3/c1-6-7-16-10-19(21-5)20(23-13-18-12-22-18)11-17(16)9-15(4)8-14(2)3/h8,10-11,18H,4,6-7,9,12-13H2,1-3,5H3. The number of methoxy groups -OCH3 is 1. The summed E-state index contributed by atoms with van der Waals surface area (Å²) in [6.07, 6.45) is 5.33. The van der Waals surface area contributed by atoms with Crippen molar-refractivity contribution in [2.75, 3.05) is 20.3 Å². The minimum Gasteiger partial charge on any atom is -0.493 e. The van der Waals surface area contributed by atoms with E-state index in [0.717, 1.165) is 42.9 Å². The zero-order valence-electron chi connectivity index (χ0n) is 14.8. The van der Waals surface area contributed by atoms with Gasteiger partial charge in [0.1, 0.15) is 12.7 Å². The molecular formula is C20H28O3. The van der Waals surface area contributed by atoms with Gasteiger partial charge in [-0.05, 0) is 49.9 Å². The predicted octanol–water partition coefficient (Wildman–Crippen LogP) is 4.49. The molecule has 0 N–H and O–H groups in total. The van der Waals surface area contributed by atoms with Crippen molar-refractivity contribution in [1.82, 2.24) is 0 Å². The van der Waals surface area contributed by atoms with Gasteiger partial charge in [0.2, 0.25) is 0 Å². The summed E-state index contributed by atoms with van der Waals surface area (Å²) in [5, 5.41) is 0. The van der Waals surface area contributed by atoms with Crippen LogP contribution in [-0.2, 0) is 17.6 Å². The van der Waals surface area contributed by atoms with Crippen LogP contribution in [0.1, 0.15) is 38.3 Å². The molecule has 3 heteroatoms. The van der Waals surface area contributed by atoms with E-state index in [-0.39, 0.29) is 6.10 Å². The fraction of sp³-hybridized carbons (Fsp3) is 0.500. The van der Waals surface area contributed by atoms with Crippen LogP contribution in [0.3, 0.4) is 0 Å². The molecule has 23 heavy (non-hydrogen) atoms. The van der Waals surface area contributed by atoms with Crippen LogP contribution in [0, 0.1) is 0 Å². The van der Waals surface area contributed by atoms with Gasteiger partial charge in [0.25, 0.3) is 0 Å². The largest absolute Gasteiger partial charge is 0.493 e. The summed E-state index contributed by atoms with van der Waals surface area (Å²) in [6.45, 7) is 11.9. The molecule has 1 saturated heterocycles. The Hall–Kier alpha value is -1.74. The lowest BCUT2D eigenvalue weighted by molar-refractivity contribution is 0.251. The molecule has 0 amide bonds. The smallest absolute Gasteiger partial charge is 0.161 e. The highest BCUT2D eigenvalue weighted by atomic mass is 16.6. The predicted molar refractivity (Wildman–Crippen MR) is 94.5 cm³/mol. The van der Waals surface area contributed by atoms with E-state index in [9.17, 15) is 0 Å². The van der Waals surface area contributed by atoms with Gasteiger partial charge in [-0.25, -0.2) is 0 Å². The van der Waals surface area contributed by atoms with Crippen molar-refractivity contribution in [3.63, 3.8) is 0 Å². The van der Waals surface area contributed by atoms with Crippen LogP contribution in [0.25, 0.3) is 0 Å². The number of allylic oxidation sites excluding steroid dienone is 3. The second-order valence-corrected chi connectivity index (χ2v) is 6.34. The summed E-state index contributed by atoms with van der Waals surface area (Å²) in [6, 6.07) is 4.22. The third-order valence-corrected chi connectivity index (χ3v) is 3.74. The Balaban J connectivity index is 2.25. The molecule has 0 saturated carbocycles. The molecule has 1 aromatic rings. The average Bonchev–Trinajstić information content (AvgIpc) is 3.30. The third-order valence-electron chi connectivity index (χ3n) is 3.74. The zero-order chi connectivity index (χ0) is 16.8. The maximum Gasteiger partial charge on any atom is 0.161 e. The second kappa shape index (κ2) is 8.21. The number of benzene rings is 1. The van der Waals surface area contributed by atoms with Crippen LogP contribution in [0.15, 0.2) is 35.9 Å². The first-order chi connectivity index (χ1) is 11.0. The fourth-order valence-corrected chi connectivity index (χ4v) is 2.63. The molecule has 1 heterocycles. The molecule has 1 aliphatic heterocycles. The lowest BCUT2D eigenvalue weighted by atomic mass is 9.96. The quantitative estimate of drug-likeness (QED) is 0.497. The van der Waals surface area contributed by atoms with E-state index in [1.165, 1.54) is 16.7 Å². The fourth-order valence-electron chi connectivity index (χ4n) is 2.63. The Morgan fingerprint density at radius 2 is 2.00 bits per heavy atom. The Morgan fingerprint density at radius 3 is 2.57 bits per heavy atom. The Bertz CT molecular complexity index is 579. The number of ether oxygens (including phenoxy) is 3. The Morgan fingerprint density at radius 1 is 1.30 bits per heavy atom. The molecule has 0 bridgehead atoms. The van der Waals surface area contributed by atoms with Gasteiger partial charge in [-0.1, -0.05) is 37.1 Å². The molecule has 1 atom stereocenters. The number of hydrogen-bond acceptors (Lipinski definition) is 3. The minimum absolute atomic E-state index is 0.235. The van der Waals surface area contributed by atoms with Crippen molar-refractivity contribution >= 4 is 0 Å². The summed E-state index contributed by atoms with van der Waals surface area (Å²) < 4.78 is 16.6. The monoisotopic (exact) mass is 316 g/mol. The van der Waals surface area contributed by atoms with E-state index < -0.39 is 0 Å². The van der Waals surface area contributed by atoms with Gasteiger partial charge in [-0.3, -0.25) is 0 Å². The van der Waals surface area contributed by atoms with Gasteiger partial charge in [0.05, 0.1) is 13.7 Å². The van der Waals surface area contributed by atoms with Crippen LogP contribution < -0.4 is 9.47 Å². The normalized spacial score (nSPS) is 15.9. The van der Waals surface area contributed by atoms with Gasteiger partial charge < -0.3 is 14.2 Å². The van der Waals surface area contributed by atoms with Crippen molar-refractivity contribution < 1.29 is 14.2 Å². The molecule has 3 nitrogen and oxygen atoms in total. The number of rotatable bonds is 9. The highest BCUT2D eigenvalue weighted by Gasteiger charge is 2.24. The molecule has 0 radical (unpaired) electrons. The van der Waals surface area contributed by atoms with Crippen molar-refractivity contribution in [3.8, 4) is 11.5 Å². The van der Waals surface area contributed by atoms with E-state index in [1.807, 2.05) is 0 Å². The molecule has 1 aromatic carbocycles. The van der Waals surface area contributed by atoms with Gasteiger partial charge in [0.15, 0.2) is 11.5 Å². The molecule has 0 aromatic heterocycles. The Kier molecular flexibility index (Phi) is 6.28. The van der Waals surface area contributed by atoms with Crippen LogP contribution in [0.4, 0.5) is 0 Å². The van der Waals surface area contributed by atoms with Crippen molar-refractivity contribution in [1.29, 1.82) is 0 Å². The maximum absolute atomic E-state index is 5.89. The van der Waals surface area contributed by atoms with E-state index >= 15 is 0 Å². The highest BCUT2D eigenvalue weighted by Crippen LogP contribution is 2.33. The van der Waals surface area contributed by atoms with Crippen molar-refractivity contribution in [2.45, 2.75) is 46.1 Å². The maximum atomic E-state index is 5.89. The summed E-state index contributed by atoms with van der Waals surface area (Å²) >= 11 is 0. The summed E-state index contributed by atoms with van der Waals surface area (Å²) in [5.74, 6) is 1.59. The number of epoxide rings is 1. The molecule has 1 fully saturated rings. The number of aryl methyl sites for hydroxylation is 1. The molecule has 2 rings (SSSR count). The molecule has 0 aliphatic carbocycles. The van der Waals surface area contributed by atoms with Crippen LogP contribution in [-0.4, -0.2) is 26.4 Å². The molecule has 1 aliphatic rings. The van der Waals surface area contributed by atoms with E-state index in [2.05, 4.69) is 45.6 Å². The molecule has 1 unspecified atom stereocenters. The SMILES string of the molecule is C=C(C=C(C)C)Cc1cc(OCC2CO2)c(OC)cc1CCC. The molecule has 126 valence electrons. The topological polar surface area (TPSA) is 31.0 Å². The van der Waals surface area contributed by atoms with Gasteiger partial charge in [0, 0.05) is 0 Å². The van der Waals surface area contributed by atoms with Gasteiger partial charge >= 0.3 is 0 Å². The summed E-state index contributed by atoms with van der Waals surface area (Å²) in [5.41, 5.74) is 4.96. The van der Waals surface area contributed by atoms with E-state index in [4.69, 9.17) is 14.2 Å². The lowest BCUT2D eigenvalue weighted by Crippen LogP contribution is -2.07. The first kappa shape index (κ1) is 17.6. The first-order valence-electron chi connectivity index (χ1n) is 8.30. The first-order valence-corrected chi connectivity index (χ1v) is 8.30. The van der Waals surface area contributed by atoms with E-state index in [0.29, 0.717) is 6.61 Å². The minimum atomic E-state index is 0.235. The van der Waals surface area contributed by atoms with Crippen molar-refractivity contribution in [3.05, 3.63) is 47.1 Å². The summed E-state index contributed by atoms with van der Waals surface area (Å²) in [4.78, 5) is 0. The zero-order valence-corrected chi connectivity index (χ0v) is 14.8. The Labute approximate surface area is 139 Å². The summed E-state index contributed by atoms with van der Waals surface area (Å²) in [7, 11) is 1.69.